The van der Waals surface area contributed by atoms with Crippen LogP contribution in [0, 0.1) is 0 Å². The second kappa shape index (κ2) is 7.27. The maximum Gasteiger partial charge on any atom is 0.289 e. The molecule has 2 heterocycles. The third kappa shape index (κ3) is 3.80. The Labute approximate surface area is 140 Å². The smallest absolute Gasteiger partial charge is 0.289 e. The Bertz CT molecular complexity index is 726. The predicted octanol–water partition coefficient (Wildman–Crippen LogP) is 1.90. The van der Waals surface area contributed by atoms with E-state index in [1.807, 2.05) is 24.3 Å². The second-order valence-corrected chi connectivity index (χ2v) is 5.82. The van der Waals surface area contributed by atoms with Crippen molar-refractivity contribution in [2.24, 2.45) is 5.10 Å². The van der Waals surface area contributed by atoms with E-state index < -0.39 is 0 Å². The van der Waals surface area contributed by atoms with Crippen LogP contribution < -0.4 is 10.2 Å². The van der Waals surface area contributed by atoms with Crippen molar-refractivity contribution in [2.75, 3.05) is 27.2 Å². The molecule has 7 heteroatoms. The number of hydrazone groups is 1. The summed E-state index contributed by atoms with van der Waals surface area (Å²) >= 11 is 0. The lowest BCUT2D eigenvalue weighted by molar-refractivity contribution is 0.0949. The fourth-order valence-electron chi connectivity index (χ4n) is 2.53. The molecule has 1 saturated heterocycles. The molecule has 126 valence electrons. The minimum atomic E-state index is -0.284. The first-order chi connectivity index (χ1) is 11.7. The van der Waals surface area contributed by atoms with E-state index in [0.717, 1.165) is 43.0 Å². The fourth-order valence-corrected chi connectivity index (χ4v) is 2.53. The topological polar surface area (TPSA) is 82.6 Å². The van der Waals surface area contributed by atoms with Crippen molar-refractivity contribution >= 4 is 11.6 Å². The number of carbonyl (C=O) groups is 1. The molecule has 1 amide bonds. The van der Waals surface area contributed by atoms with Crippen molar-refractivity contribution in [1.82, 2.24) is 20.5 Å². The average molecular weight is 327 g/mol. The van der Waals surface area contributed by atoms with Crippen LogP contribution in [0.2, 0.25) is 0 Å². The molecule has 0 unspecified atom stereocenters. The van der Waals surface area contributed by atoms with E-state index in [9.17, 15) is 4.79 Å². The first kappa shape index (κ1) is 16.2. The number of aromatic amines is 1. The quantitative estimate of drug-likeness (QED) is 0.840. The van der Waals surface area contributed by atoms with E-state index in [0.29, 0.717) is 11.4 Å². The van der Waals surface area contributed by atoms with Gasteiger partial charge in [-0.1, -0.05) is 0 Å². The molecule has 0 radical (unpaired) electrons. The Morgan fingerprint density at radius 3 is 2.67 bits per heavy atom. The standard InChI is InChI=1S/C17H21N5O2/c1-22-9-7-13(8-10-22)18-21-17(23)16-11-15(19-20-16)12-3-5-14(24-2)6-4-12/h3-6,11H,7-10H2,1-2H3,(H,19,20)(H,21,23). The van der Waals surface area contributed by atoms with Gasteiger partial charge in [-0.05, 0) is 37.4 Å². The molecule has 7 nitrogen and oxygen atoms in total. The molecule has 2 N–H and O–H groups in total. The van der Waals surface area contributed by atoms with Crippen molar-refractivity contribution < 1.29 is 9.53 Å². The lowest BCUT2D eigenvalue weighted by Crippen LogP contribution is -2.32. The zero-order valence-corrected chi connectivity index (χ0v) is 13.9. The summed E-state index contributed by atoms with van der Waals surface area (Å²) in [6.07, 6.45) is 1.77. The number of aromatic nitrogens is 2. The summed E-state index contributed by atoms with van der Waals surface area (Å²) in [5, 5.41) is 11.2. The number of likely N-dealkylation sites (tertiary alicyclic amines) is 1. The molecular weight excluding hydrogens is 306 g/mol. The van der Waals surface area contributed by atoms with Gasteiger partial charge in [-0.15, -0.1) is 0 Å². The molecule has 0 saturated carbocycles. The van der Waals surface area contributed by atoms with E-state index in [1.54, 1.807) is 13.2 Å². The molecule has 0 atom stereocenters. The van der Waals surface area contributed by atoms with Gasteiger partial charge in [0, 0.05) is 37.2 Å². The van der Waals surface area contributed by atoms with E-state index in [4.69, 9.17) is 4.74 Å². The van der Waals surface area contributed by atoms with Crippen LogP contribution in [-0.2, 0) is 0 Å². The van der Waals surface area contributed by atoms with Gasteiger partial charge in [0.05, 0.1) is 12.8 Å². The highest BCUT2D eigenvalue weighted by Gasteiger charge is 2.13. The van der Waals surface area contributed by atoms with Gasteiger partial charge < -0.3 is 9.64 Å². The van der Waals surface area contributed by atoms with Crippen LogP contribution in [0.25, 0.3) is 11.3 Å². The average Bonchev–Trinajstić information content (AvgIpc) is 3.11. The largest absolute Gasteiger partial charge is 0.497 e. The second-order valence-electron chi connectivity index (χ2n) is 5.82. The van der Waals surface area contributed by atoms with Crippen LogP contribution in [0.15, 0.2) is 35.4 Å². The molecule has 1 aliphatic rings. The van der Waals surface area contributed by atoms with E-state index >= 15 is 0 Å². The first-order valence-electron chi connectivity index (χ1n) is 7.90. The predicted molar refractivity (Wildman–Crippen MR) is 92.2 cm³/mol. The lowest BCUT2D eigenvalue weighted by atomic mass is 10.1. The van der Waals surface area contributed by atoms with Gasteiger partial charge in [-0.2, -0.15) is 10.2 Å². The third-order valence-electron chi connectivity index (χ3n) is 4.09. The third-order valence-corrected chi connectivity index (χ3v) is 4.09. The number of amides is 1. The summed E-state index contributed by atoms with van der Waals surface area (Å²) < 4.78 is 5.13. The van der Waals surface area contributed by atoms with Gasteiger partial charge in [0.1, 0.15) is 11.4 Å². The van der Waals surface area contributed by atoms with Crippen LogP contribution in [0.5, 0.6) is 5.75 Å². The van der Waals surface area contributed by atoms with Crippen molar-refractivity contribution in [3.63, 3.8) is 0 Å². The number of benzene rings is 1. The summed E-state index contributed by atoms with van der Waals surface area (Å²) in [4.78, 5) is 14.4. The minimum absolute atomic E-state index is 0.284. The fraction of sp³-hybridized carbons (Fsp3) is 0.353. The van der Waals surface area contributed by atoms with Crippen LogP contribution >= 0.6 is 0 Å². The summed E-state index contributed by atoms with van der Waals surface area (Å²) in [6, 6.07) is 9.22. The zero-order valence-electron chi connectivity index (χ0n) is 13.9. The Morgan fingerprint density at radius 2 is 2.00 bits per heavy atom. The van der Waals surface area contributed by atoms with Gasteiger partial charge in [0.25, 0.3) is 5.91 Å². The summed E-state index contributed by atoms with van der Waals surface area (Å²) in [5.41, 5.74) is 5.63. The summed E-state index contributed by atoms with van der Waals surface area (Å²) in [7, 11) is 3.71. The Morgan fingerprint density at radius 1 is 1.29 bits per heavy atom. The van der Waals surface area contributed by atoms with Crippen molar-refractivity contribution in [3.8, 4) is 17.0 Å². The molecule has 1 aromatic carbocycles. The summed E-state index contributed by atoms with van der Waals surface area (Å²) in [6.45, 7) is 1.95. The number of methoxy groups -OCH3 is 1. The number of ether oxygens (including phenoxy) is 1. The van der Waals surface area contributed by atoms with Gasteiger partial charge >= 0.3 is 0 Å². The molecule has 1 aliphatic heterocycles. The lowest BCUT2D eigenvalue weighted by Gasteiger charge is -2.22. The Balaban J connectivity index is 1.64. The highest BCUT2D eigenvalue weighted by molar-refractivity contribution is 5.95. The molecule has 1 fully saturated rings. The van der Waals surface area contributed by atoms with Gasteiger partial charge in [0.15, 0.2) is 0 Å². The van der Waals surface area contributed by atoms with Crippen LogP contribution in [-0.4, -0.2) is 54.0 Å². The molecule has 3 rings (SSSR count). The maximum absolute atomic E-state index is 12.2. The molecule has 24 heavy (non-hydrogen) atoms. The molecule has 0 bridgehead atoms. The highest BCUT2D eigenvalue weighted by Crippen LogP contribution is 2.21. The number of carbonyl (C=O) groups excluding carboxylic acids is 1. The van der Waals surface area contributed by atoms with E-state index in [2.05, 4.69) is 32.7 Å². The van der Waals surface area contributed by atoms with E-state index in [1.165, 1.54) is 0 Å². The Hall–Kier alpha value is -2.67. The van der Waals surface area contributed by atoms with Crippen molar-refractivity contribution in [2.45, 2.75) is 12.8 Å². The van der Waals surface area contributed by atoms with Crippen LogP contribution in [0.1, 0.15) is 23.3 Å². The number of H-pyrrole nitrogens is 1. The number of rotatable bonds is 4. The van der Waals surface area contributed by atoms with Gasteiger partial charge in [-0.25, -0.2) is 5.43 Å². The molecular formula is C17H21N5O2. The number of nitrogens with zero attached hydrogens (tertiary/aromatic N) is 3. The molecule has 2 aromatic rings. The normalized spacial score (nSPS) is 15.2. The number of hydrogen-bond donors (Lipinski definition) is 2. The summed E-state index contributed by atoms with van der Waals surface area (Å²) in [5.74, 6) is 0.495. The van der Waals surface area contributed by atoms with Gasteiger partial charge in [-0.3, -0.25) is 9.89 Å². The molecule has 0 spiro atoms. The monoisotopic (exact) mass is 327 g/mol. The van der Waals surface area contributed by atoms with E-state index in [-0.39, 0.29) is 5.91 Å². The first-order valence-corrected chi connectivity index (χ1v) is 7.90. The molecule has 0 aliphatic carbocycles. The maximum atomic E-state index is 12.2. The van der Waals surface area contributed by atoms with Crippen molar-refractivity contribution in [3.05, 3.63) is 36.0 Å². The minimum Gasteiger partial charge on any atom is -0.497 e. The zero-order chi connectivity index (χ0) is 16.9. The number of hydrogen-bond acceptors (Lipinski definition) is 5. The SMILES string of the molecule is COc1ccc(-c2cc(C(=O)NN=C3CCN(C)CC3)[nH]n2)cc1. The number of piperidine rings is 1. The number of nitrogens with one attached hydrogen (secondary N) is 2. The highest BCUT2D eigenvalue weighted by atomic mass is 16.5. The molecule has 1 aromatic heterocycles. The van der Waals surface area contributed by atoms with Crippen molar-refractivity contribution in [1.29, 1.82) is 0 Å². The van der Waals surface area contributed by atoms with Gasteiger partial charge in [0.2, 0.25) is 0 Å². The van der Waals surface area contributed by atoms with Crippen LogP contribution in [0.3, 0.4) is 0 Å². The van der Waals surface area contributed by atoms with Crippen LogP contribution in [0.4, 0.5) is 0 Å². The Kier molecular flexibility index (Phi) is 4.90.